The largest absolute Gasteiger partial charge is 0.353 e. The van der Waals surface area contributed by atoms with Gasteiger partial charge in [0.25, 0.3) is 0 Å². The van der Waals surface area contributed by atoms with E-state index in [1.54, 1.807) is 0 Å². The Morgan fingerprint density at radius 3 is 2.35 bits per heavy atom. The number of nitrogens with one attached hydrogen (secondary N) is 1. The maximum Gasteiger partial charge on any atom is 0.223 e. The summed E-state index contributed by atoms with van der Waals surface area (Å²) in [6.45, 7) is 0. The number of nitrogens with two attached hydrogens (primary N) is 1. The lowest BCUT2D eigenvalue weighted by Crippen LogP contribution is -2.43. The number of fused-ring (bicyclic) bond motifs is 2. The second-order valence-corrected chi connectivity index (χ2v) is 6.40. The third kappa shape index (κ3) is 2.35. The van der Waals surface area contributed by atoms with E-state index in [9.17, 15) is 4.79 Å². The summed E-state index contributed by atoms with van der Waals surface area (Å²) in [7, 11) is 0. The van der Waals surface area contributed by atoms with Gasteiger partial charge in [-0.25, -0.2) is 0 Å². The molecule has 3 unspecified atom stereocenters. The zero-order chi connectivity index (χ0) is 11.8. The number of carbonyl (C=O) groups is 1. The van der Waals surface area contributed by atoms with Crippen molar-refractivity contribution in [2.75, 3.05) is 0 Å². The fourth-order valence-corrected chi connectivity index (χ4v) is 4.10. The molecule has 0 aromatic carbocycles. The van der Waals surface area contributed by atoms with Gasteiger partial charge >= 0.3 is 0 Å². The first-order valence-electron chi connectivity index (χ1n) is 7.28. The molecule has 3 aliphatic rings. The van der Waals surface area contributed by atoms with E-state index < -0.39 is 0 Å². The van der Waals surface area contributed by atoms with Crippen LogP contribution >= 0.6 is 0 Å². The Bertz CT molecular complexity index is 297. The summed E-state index contributed by atoms with van der Waals surface area (Å²) in [4.78, 5) is 12.2. The summed E-state index contributed by atoms with van der Waals surface area (Å²) >= 11 is 0. The fourth-order valence-electron chi connectivity index (χ4n) is 4.10. The highest BCUT2D eigenvalue weighted by Gasteiger charge is 2.40. The summed E-state index contributed by atoms with van der Waals surface area (Å²) in [5, 5.41) is 3.32. The number of rotatable bonds is 2. The number of carbonyl (C=O) groups excluding carboxylic acids is 1. The van der Waals surface area contributed by atoms with Crippen molar-refractivity contribution >= 4 is 5.91 Å². The molecule has 0 saturated heterocycles. The van der Waals surface area contributed by atoms with Crippen LogP contribution in [0.15, 0.2) is 0 Å². The first-order valence-corrected chi connectivity index (χ1v) is 7.28. The number of hydrogen-bond acceptors (Lipinski definition) is 2. The van der Waals surface area contributed by atoms with Gasteiger partial charge in [0.1, 0.15) is 0 Å². The van der Waals surface area contributed by atoms with Crippen LogP contribution in [0.3, 0.4) is 0 Å². The highest BCUT2D eigenvalue weighted by Crippen LogP contribution is 2.44. The lowest BCUT2D eigenvalue weighted by atomic mass is 9.85. The summed E-state index contributed by atoms with van der Waals surface area (Å²) < 4.78 is 0. The quantitative estimate of drug-likeness (QED) is 0.768. The molecule has 3 heteroatoms. The van der Waals surface area contributed by atoms with Crippen molar-refractivity contribution in [3.63, 3.8) is 0 Å². The Morgan fingerprint density at radius 1 is 1.00 bits per heavy atom. The van der Waals surface area contributed by atoms with Crippen LogP contribution in [-0.2, 0) is 4.79 Å². The molecule has 3 rings (SSSR count). The average Bonchev–Trinajstić information content (AvgIpc) is 2.91. The van der Waals surface area contributed by atoms with E-state index in [1.165, 1.54) is 25.7 Å². The Kier molecular flexibility index (Phi) is 3.12. The van der Waals surface area contributed by atoms with Crippen LogP contribution in [0.25, 0.3) is 0 Å². The highest BCUT2D eigenvalue weighted by atomic mass is 16.1. The second-order valence-electron chi connectivity index (χ2n) is 6.40. The van der Waals surface area contributed by atoms with E-state index in [-0.39, 0.29) is 5.92 Å². The van der Waals surface area contributed by atoms with Gasteiger partial charge in [-0.1, -0.05) is 6.42 Å². The van der Waals surface area contributed by atoms with Gasteiger partial charge in [0.15, 0.2) is 0 Å². The maximum atomic E-state index is 12.2. The molecule has 0 radical (unpaired) electrons. The molecule has 3 nitrogen and oxygen atoms in total. The zero-order valence-electron chi connectivity index (χ0n) is 10.5. The second kappa shape index (κ2) is 4.60. The minimum absolute atomic E-state index is 0.244. The maximum absolute atomic E-state index is 12.2. The smallest absolute Gasteiger partial charge is 0.223 e. The van der Waals surface area contributed by atoms with E-state index in [2.05, 4.69) is 5.32 Å². The molecule has 3 atom stereocenters. The molecular formula is C14H24N2O. The van der Waals surface area contributed by atoms with Gasteiger partial charge in [0, 0.05) is 18.0 Å². The van der Waals surface area contributed by atoms with Crippen molar-refractivity contribution in [2.45, 2.75) is 63.5 Å². The van der Waals surface area contributed by atoms with E-state index in [0.717, 1.165) is 37.5 Å². The fraction of sp³-hybridized carbons (Fsp3) is 0.929. The normalized spacial score (nSPS) is 44.9. The van der Waals surface area contributed by atoms with E-state index >= 15 is 0 Å². The first-order chi connectivity index (χ1) is 8.22. The Hall–Kier alpha value is -0.570. The van der Waals surface area contributed by atoms with Crippen LogP contribution in [0.2, 0.25) is 0 Å². The van der Waals surface area contributed by atoms with Gasteiger partial charge in [0.2, 0.25) is 5.91 Å². The number of amides is 1. The van der Waals surface area contributed by atoms with Crippen molar-refractivity contribution in [2.24, 2.45) is 23.5 Å². The predicted octanol–water partition coefficient (Wildman–Crippen LogP) is 1.81. The molecule has 0 aliphatic heterocycles. The summed E-state index contributed by atoms with van der Waals surface area (Å²) in [6, 6.07) is 0.832. The van der Waals surface area contributed by atoms with Crippen LogP contribution in [0.4, 0.5) is 0 Å². The molecule has 0 heterocycles. The molecule has 3 saturated carbocycles. The summed E-state index contributed by atoms with van der Waals surface area (Å²) in [5.41, 5.74) is 5.88. The zero-order valence-corrected chi connectivity index (χ0v) is 10.5. The third-order valence-electron chi connectivity index (χ3n) is 5.21. The van der Waals surface area contributed by atoms with Gasteiger partial charge in [0.05, 0.1) is 0 Å². The van der Waals surface area contributed by atoms with Crippen molar-refractivity contribution in [1.82, 2.24) is 5.32 Å². The SMILES string of the molecule is NC1CCC(C(=O)NC2CC3CCC2C3)CC1. The Morgan fingerprint density at radius 2 is 1.76 bits per heavy atom. The topological polar surface area (TPSA) is 55.1 Å². The Labute approximate surface area is 104 Å². The van der Waals surface area contributed by atoms with Crippen LogP contribution in [0.1, 0.15) is 51.4 Å². The Balaban J connectivity index is 1.50. The molecule has 3 fully saturated rings. The highest BCUT2D eigenvalue weighted by molar-refractivity contribution is 5.79. The molecule has 0 aromatic heterocycles. The molecule has 96 valence electrons. The van der Waals surface area contributed by atoms with Crippen molar-refractivity contribution in [1.29, 1.82) is 0 Å². The standard InChI is InChI=1S/C14H24N2O/c15-12-5-3-10(4-6-12)14(17)16-13-8-9-1-2-11(13)7-9/h9-13H,1-8,15H2,(H,16,17). The average molecular weight is 236 g/mol. The van der Waals surface area contributed by atoms with Gasteiger partial charge in [-0.05, 0) is 56.8 Å². The van der Waals surface area contributed by atoms with Crippen LogP contribution in [0, 0.1) is 17.8 Å². The van der Waals surface area contributed by atoms with Crippen molar-refractivity contribution < 1.29 is 4.79 Å². The van der Waals surface area contributed by atoms with Crippen molar-refractivity contribution in [3.8, 4) is 0 Å². The van der Waals surface area contributed by atoms with Crippen LogP contribution in [-0.4, -0.2) is 18.0 Å². The van der Waals surface area contributed by atoms with Gasteiger partial charge in [-0.15, -0.1) is 0 Å². The van der Waals surface area contributed by atoms with E-state index in [0.29, 0.717) is 18.0 Å². The number of hydrogen-bond donors (Lipinski definition) is 2. The van der Waals surface area contributed by atoms with E-state index in [4.69, 9.17) is 5.73 Å². The van der Waals surface area contributed by atoms with E-state index in [1.807, 2.05) is 0 Å². The lowest BCUT2D eigenvalue weighted by Gasteiger charge is -2.29. The molecule has 17 heavy (non-hydrogen) atoms. The van der Waals surface area contributed by atoms with Gasteiger partial charge in [-0.3, -0.25) is 4.79 Å². The summed E-state index contributed by atoms with van der Waals surface area (Å²) in [5.74, 6) is 2.25. The van der Waals surface area contributed by atoms with Crippen molar-refractivity contribution in [3.05, 3.63) is 0 Å². The first kappa shape index (κ1) is 11.5. The monoisotopic (exact) mass is 236 g/mol. The summed E-state index contributed by atoms with van der Waals surface area (Å²) in [6.07, 6.45) is 9.37. The molecular weight excluding hydrogens is 212 g/mol. The molecule has 0 spiro atoms. The minimum atomic E-state index is 0.244. The van der Waals surface area contributed by atoms with Gasteiger partial charge < -0.3 is 11.1 Å². The molecule has 2 bridgehead atoms. The predicted molar refractivity (Wildman–Crippen MR) is 67.3 cm³/mol. The molecule has 3 N–H and O–H groups in total. The lowest BCUT2D eigenvalue weighted by molar-refractivity contribution is -0.127. The molecule has 0 aromatic rings. The minimum Gasteiger partial charge on any atom is -0.353 e. The molecule has 1 amide bonds. The van der Waals surface area contributed by atoms with Crippen LogP contribution in [0.5, 0.6) is 0 Å². The molecule has 3 aliphatic carbocycles. The van der Waals surface area contributed by atoms with Gasteiger partial charge in [-0.2, -0.15) is 0 Å². The van der Waals surface area contributed by atoms with Crippen LogP contribution < -0.4 is 11.1 Å². The third-order valence-corrected chi connectivity index (χ3v) is 5.21.